The highest BCUT2D eigenvalue weighted by molar-refractivity contribution is 6.00. The Morgan fingerprint density at radius 3 is 2.59 bits per heavy atom. The molecule has 2 aromatic carbocycles. The van der Waals surface area contributed by atoms with Gasteiger partial charge in [0.15, 0.2) is 5.76 Å². The van der Waals surface area contributed by atoms with Gasteiger partial charge in [-0.15, -0.1) is 0 Å². The zero-order chi connectivity index (χ0) is 18.6. The van der Waals surface area contributed by atoms with Crippen LogP contribution in [-0.4, -0.2) is 53.9 Å². The van der Waals surface area contributed by atoms with E-state index in [2.05, 4.69) is 16.9 Å². The van der Waals surface area contributed by atoms with Crippen LogP contribution in [0.25, 0.3) is 22.8 Å². The van der Waals surface area contributed by atoms with Crippen LogP contribution in [0.2, 0.25) is 0 Å². The first-order valence-electron chi connectivity index (χ1n) is 9.31. The Kier molecular flexibility index (Phi) is 5.03. The topological polar surface area (TPSA) is 49.6 Å². The summed E-state index contributed by atoms with van der Waals surface area (Å²) in [5.74, 6) is 1.22. The van der Waals surface area contributed by atoms with Crippen molar-refractivity contribution >= 4 is 5.91 Å². The van der Waals surface area contributed by atoms with Crippen LogP contribution in [0.3, 0.4) is 0 Å². The predicted octanol–water partition coefficient (Wildman–Crippen LogP) is 3.79. The Morgan fingerprint density at radius 1 is 0.963 bits per heavy atom. The minimum atomic E-state index is 0.0420. The number of hydrogen-bond acceptors (Lipinski definition) is 4. The molecule has 1 aliphatic rings. The minimum absolute atomic E-state index is 0.0420. The number of oxazole rings is 1. The highest BCUT2D eigenvalue weighted by atomic mass is 16.4. The quantitative estimate of drug-likeness (QED) is 0.712. The molecular weight excluding hydrogens is 338 g/mol. The third kappa shape index (κ3) is 3.78. The summed E-state index contributed by atoms with van der Waals surface area (Å²) in [7, 11) is 2.10. The van der Waals surface area contributed by atoms with Crippen molar-refractivity contribution in [2.24, 2.45) is 0 Å². The lowest BCUT2D eigenvalue weighted by atomic mass is 10.1. The zero-order valence-corrected chi connectivity index (χ0v) is 15.5. The molecule has 0 radical (unpaired) electrons. The molecule has 0 N–H and O–H groups in total. The molecular formula is C22H23N3O2. The van der Waals surface area contributed by atoms with E-state index >= 15 is 0 Å². The van der Waals surface area contributed by atoms with Crippen LogP contribution in [0.1, 0.15) is 16.8 Å². The van der Waals surface area contributed by atoms with Crippen LogP contribution in [0.15, 0.2) is 65.2 Å². The van der Waals surface area contributed by atoms with Crippen molar-refractivity contribution < 1.29 is 9.21 Å². The largest absolute Gasteiger partial charge is 0.436 e. The molecule has 0 atom stereocenters. The zero-order valence-electron chi connectivity index (χ0n) is 15.5. The number of carbonyl (C=O) groups is 1. The average Bonchev–Trinajstić information content (AvgIpc) is 3.11. The number of carbonyl (C=O) groups excluding carboxylic acids is 1. The van der Waals surface area contributed by atoms with Crippen molar-refractivity contribution in [3.63, 3.8) is 0 Å². The highest BCUT2D eigenvalue weighted by Crippen LogP contribution is 2.29. The molecule has 1 amide bonds. The Balaban J connectivity index is 1.64. The first-order chi connectivity index (χ1) is 13.2. The number of rotatable bonds is 3. The van der Waals surface area contributed by atoms with Gasteiger partial charge in [-0.05, 0) is 32.1 Å². The van der Waals surface area contributed by atoms with Crippen molar-refractivity contribution in [1.29, 1.82) is 0 Å². The van der Waals surface area contributed by atoms with Gasteiger partial charge in [0, 0.05) is 30.8 Å². The van der Waals surface area contributed by atoms with Gasteiger partial charge in [-0.3, -0.25) is 4.79 Å². The third-order valence-corrected chi connectivity index (χ3v) is 4.96. The van der Waals surface area contributed by atoms with Crippen LogP contribution >= 0.6 is 0 Å². The molecule has 1 saturated heterocycles. The van der Waals surface area contributed by atoms with E-state index in [1.54, 1.807) is 6.20 Å². The standard InChI is InChI=1S/C22H23N3O2/c1-24-12-7-13-25(15-14-24)22(26)19-11-6-5-10-18(19)21-23-16-20(27-21)17-8-3-2-4-9-17/h2-6,8-11,16H,7,12-15H2,1H3. The van der Waals surface area contributed by atoms with Gasteiger partial charge in [-0.25, -0.2) is 4.98 Å². The summed E-state index contributed by atoms with van der Waals surface area (Å²) in [6, 6.07) is 17.4. The number of aromatic nitrogens is 1. The van der Waals surface area contributed by atoms with Crippen LogP contribution in [-0.2, 0) is 0 Å². The van der Waals surface area contributed by atoms with Gasteiger partial charge in [-0.2, -0.15) is 0 Å². The van der Waals surface area contributed by atoms with E-state index in [9.17, 15) is 4.79 Å². The summed E-state index contributed by atoms with van der Waals surface area (Å²) < 4.78 is 5.99. The molecule has 0 spiro atoms. The third-order valence-electron chi connectivity index (χ3n) is 4.96. The summed E-state index contributed by atoms with van der Waals surface area (Å²) in [5, 5.41) is 0. The van der Waals surface area contributed by atoms with Crippen LogP contribution < -0.4 is 0 Å². The van der Waals surface area contributed by atoms with E-state index in [0.29, 0.717) is 17.2 Å². The van der Waals surface area contributed by atoms with E-state index in [-0.39, 0.29) is 5.91 Å². The number of amides is 1. The van der Waals surface area contributed by atoms with Crippen LogP contribution in [0, 0.1) is 0 Å². The van der Waals surface area contributed by atoms with Crippen molar-refractivity contribution in [2.75, 3.05) is 33.2 Å². The lowest BCUT2D eigenvalue weighted by molar-refractivity contribution is 0.0763. The van der Waals surface area contributed by atoms with Crippen molar-refractivity contribution in [2.45, 2.75) is 6.42 Å². The molecule has 0 unspecified atom stereocenters. The summed E-state index contributed by atoms with van der Waals surface area (Å²) in [4.78, 5) is 21.8. The van der Waals surface area contributed by atoms with E-state index in [0.717, 1.165) is 43.7 Å². The maximum absolute atomic E-state index is 13.2. The smallest absolute Gasteiger partial charge is 0.254 e. The molecule has 1 aliphatic heterocycles. The molecule has 3 aromatic rings. The normalized spacial score (nSPS) is 15.5. The summed E-state index contributed by atoms with van der Waals surface area (Å²) in [6.45, 7) is 3.43. The fourth-order valence-electron chi connectivity index (χ4n) is 3.41. The summed E-state index contributed by atoms with van der Waals surface area (Å²) in [5.41, 5.74) is 2.35. The van der Waals surface area contributed by atoms with Crippen molar-refractivity contribution in [3.05, 3.63) is 66.4 Å². The Bertz CT molecular complexity index is 920. The number of likely N-dealkylation sites (N-methyl/N-ethyl adjacent to an activating group) is 1. The van der Waals surface area contributed by atoms with E-state index in [4.69, 9.17) is 4.42 Å². The number of benzene rings is 2. The predicted molar refractivity (Wildman–Crippen MR) is 105 cm³/mol. The fraction of sp³-hybridized carbons (Fsp3) is 0.273. The Hall–Kier alpha value is -2.92. The molecule has 1 aromatic heterocycles. The second-order valence-corrected chi connectivity index (χ2v) is 6.89. The van der Waals surface area contributed by atoms with E-state index < -0.39 is 0 Å². The fourth-order valence-corrected chi connectivity index (χ4v) is 3.41. The van der Waals surface area contributed by atoms with E-state index in [1.165, 1.54) is 0 Å². The first kappa shape index (κ1) is 17.5. The van der Waals surface area contributed by atoms with Gasteiger partial charge in [0.05, 0.1) is 11.8 Å². The van der Waals surface area contributed by atoms with Gasteiger partial charge >= 0.3 is 0 Å². The molecule has 5 nitrogen and oxygen atoms in total. The summed E-state index contributed by atoms with van der Waals surface area (Å²) >= 11 is 0. The Morgan fingerprint density at radius 2 is 1.74 bits per heavy atom. The first-order valence-corrected chi connectivity index (χ1v) is 9.31. The van der Waals surface area contributed by atoms with Crippen LogP contribution in [0.5, 0.6) is 0 Å². The maximum atomic E-state index is 13.2. The van der Waals surface area contributed by atoms with E-state index in [1.807, 2.05) is 59.5 Å². The summed E-state index contributed by atoms with van der Waals surface area (Å²) in [6.07, 6.45) is 2.70. The minimum Gasteiger partial charge on any atom is -0.436 e. The molecule has 138 valence electrons. The molecule has 0 aliphatic carbocycles. The lowest BCUT2D eigenvalue weighted by Crippen LogP contribution is -2.34. The second kappa shape index (κ2) is 7.76. The Labute approximate surface area is 159 Å². The van der Waals surface area contributed by atoms with Gasteiger partial charge in [0.1, 0.15) is 0 Å². The average molecular weight is 361 g/mol. The van der Waals surface area contributed by atoms with Crippen LogP contribution in [0.4, 0.5) is 0 Å². The molecule has 1 fully saturated rings. The molecule has 0 bridgehead atoms. The highest BCUT2D eigenvalue weighted by Gasteiger charge is 2.23. The lowest BCUT2D eigenvalue weighted by Gasteiger charge is -2.21. The maximum Gasteiger partial charge on any atom is 0.254 e. The van der Waals surface area contributed by atoms with Crippen molar-refractivity contribution in [1.82, 2.24) is 14.8 Å². The number of hydrogen-bond donors (Lipinski definition) is 0. The molecule has 2 heterocycles. The van der Waals surface area contributed by atoms with Gasteiger partial charge < -0.3 is 14.2 Å². The van der Waals surface area contributed by atoms with Crippen molar-refractivity contribution in [3.8, 4) is 22.8 Å². The van der Waals surface area contributed by atoms with Gasteiger partial charge in [0.2, 0.25) is 5.89 Å². The molecule has 5 heteroatoms. The van der Waals surface area contributed by atoms with Gasteiger partial charge in [-0.1, -0.05) is 42.5 Å². The SMILES string of the molecule is CN1CCCN(C(=O)c2ccccc2-c2ncc(-c3ccccc3)o2)CC1. The number of nitrogens with zero attached hydrogens (tertiary/aromatic N) is 3. The monoisotopic (exact) mass is 361 g/mol. The second-order valence-electron chi connectivity index (χ2n) is 6.89. The van der Waals surface area contributed by atoms with Gasteiger partial charge in [0.25, 0.3) is 5.91 Å². The molecule has 4 rings (SSSR count). The molecule has 27 heavy (non-hydrogen) atoms. The molecule has 0 saturated carbocycles.